The third kappa shape index (κ3) is 3.23. The van der Waals surface area contributed by atoms with E-state index >= 15 is 0 Å². The maximum Gasteiger partial charge on any atom is 0.509 e. The normalized spacial score (nSPS) is 42.3. The predicted molar refractivity (Wildman–Crippen MR) is 116 cm³/mol. The van der Waals surface area contributed by atoms with Crippen molar-refractivity contribution in [3.05, 3.63) is 23.8 Å². The molecular formula is C24H31ClO7. The summed E-state index contributed by atoms with van der Waals surface area (Å²) in [5.41, 5.74) is -1.76. The Balaban J connectivity index is 1.73. The molecule has 0 saturated heterocycles. The fourth-order valence-electron chi connectivity index (χ4n) is 7.31. The van der Waals surface area contributed by atoms with Gasteiger partial charge < -0.3 is 19.3 Å². The average Bonchev–Trinajstić information content (AvgIpc) is 3.01. The Morgan fingerprint density at radius 3 is 2.69 bits per heavy atom. The molecule has 0 aromatic carbocycles. The highest BCUT2D eigenvalue weighted by Gasteiger charge is 2.71. The van der Waals surface area contributed by atoms with Crippen molar-refractivity contribution in [3.8, 4) is 0 Å². The van der Waals surface area contributed by atoms with Gasteiger partial charge in [-0.3, -0.25) is 4.79 Å². The van der Waals surface area contributed by atoms with E-state index in [9.17, 15) is 19.5 Å². The van der Waals surface area contributed by atoms with Crippen LogP contribution in [0.2, 0.25) is 0 Å². The maximum atomic E-state index is 13.2. The van der Waals surface area contributed by atoms with Crippen LogP contribution in [0.1, 0.15) is 52.9 Å². The lowest BCUT2D eigenvalue weighted by Gasteiger charge is -2.59. The quantitative estimate of drug-likeness (QED) is 0.495. The Hall–Kier alpha value is -1.86. The number of esters is 1. The fraction of sp³-hybridized carbons (Fsp3) is 0.708. The summed E-state index contributed by atoms with van der Waals surface area (Å²) in [5, 5.41) is 11.5. The van der Waals surface area contributed by atoms with E-state index in [0.717, 1.165) is 18.4 Å². The first-order valence-electron chi connectivity index (χ1n) is 11.3. The van der Waals surface area contributed by atoms with Gasteiger partial charge in [0.2, 0.25) is 5.60 Å². The van der Waals surface area contributed by atoms with Gasteiger partial charge in [-0.05, 0) is 63.0 Å². The number of ketones is 1. The van der Waals surface area contributed by atoms with Gasteiger partial charge in [-0.1, -0.05) is 37.1 Å². The number of carbonyl (C=O) groups excluding carboxylic acids is 3. The lowest BCUT2D eigenvalue weighted by molar-refractivity contribution is -0.199. The van der Waals surface area contributed by atoms with E-state index in [1.165, 1.54) is 0 Å². The zero-order valence-electron chi connectivity index (χ0n) is 18.8. The molecular weight excluding hydrogens is 436 g/mol. The molecule has 0 spiro atoms. The summed E-state index contributed by atoms with van der Waals surface area (Å²) in [4.78, 5) is 37.5. The number of halogens is 1. The van der Waals surface area contributed by atoms with Crippen molar-refractivity contribution in [1.29, 1.82) is 0 Å². The molecule has 7 atom stereocenters. The van der Waals surface area contributed by atoms with Crippen molar-refractivity contribution in [3.63, 3.8) is 0 Å². The summed E-state index contributed by atoms with van der Waals surface area (Å²) >= 11 is 5.70. The second-order valence-electron chi connectivity index (χ2n) is 9.90. The molecule has 3 fully saturated rings. The van der Waals surface area contributed by atoms with Gasteiger partial charge in [0.15, 0.2) is 11.8 Å². The topological polar surface area (TPSA) is 99.1 Å². The first kappa shape index (κ1) is 23.3. The summed E-state index contributed by atoms with van der Waals surface area (Å²) < 4.78 is 15.9. The predicted octanol–water partition coefficient (Wildman–Crippen LogP) is 3.92. The van der Waals surface area contributed by atoms with Crippen molar-refractivity contribution in [1.82, 2.24) is 0 Å². The highest BCUT2D eigenvalue weighted by atomic mass is 35.5. The van der Waals surface area contributed by atoms with E-state index < -0.39 is 34.7 Å². The van der Waals surface area contributed by atoms with Gasteiger partial charge >= 0.3 is 12.1 Å². The molecule has 4 aliphatic rings. The molecule has 3 saturated carbocycles. The van der Waals surface area contributed by atoms with Gasteiger partial charge in [0, 0.05) is 16.7 Å². The molecule has 32 heavy (non-hydrogen) atoms. The van der Waals surface area contributed by atoms with Crippen molar-refractivity contribution in [2.24, 2.45) is 28.6 Å². The number of hydrogen-bond donors (Lipinski definition) is 1. The summed E-state index contributed by atoms with van der Waals surface area (Å²) in [6, 6.07) is -0.354. The molecule has 0 aromatic rings. The first-order valence-corrected chi connectivity index (χ1v) is 11.9. The summed E-state index contributed by atoms with van der Waals surface area (Å²) in [7, 11) is 0. The molecule has 0 radical (unpaired) electrons. The molecule has 2 unspecified atom stereocenters. The molecule has 0 heterocycles. The average molecular weight is 467 g/mol. The number of hydrogen-bond acceptors (Lipinski definition) is 7. The van der Waals surface area contributed by atoms with Crippen LogP contribution in [0, 0.1) is 28.6 Å². The lowest BCUT2D eigenvalue weighted by Crippen LogP contribution is -2.62. The number of fused-ring (bicyclic) bond motifs is 5. The maximum absolute atomic E-state index is 13.2. The van der Waals surface area contributed by atoms with Crippen molar-refractivity contribution < 1.29 is 33.7 Å². The van der Waals surface area contributed by atoms with Gasteiger partial charge in [0.05, 0.1) is 12.7 Å². The van der Waals surface area contributed by atoms with E-state index in [-0.39, 0.29) is 49.1 Å². The summed E-state index contributed by atoms with van der Waals surface area (Å²) in [6.07, 6.45) is 6.31. The Kier molecular flexibility index (Phi) is 5.95. The highest BCUT2D eigenvalue weighted by molar-refractivity contribution is 6.17. The van der Waals surface area contributed by atoms with Gasteiger partial charge in [0.25, 0.3) is 0 Å². The zero-order valence-corrected chi connectivity index (χ0v) is 19.5. The van der Waals surface area contributed by atoms with Gasteiger partial charge in [-0.25, -0.2) is 9.59 Å². The van der Waals surface area contributed by atoms with Gasteiger partial charge in [-0.15, -0.1) is 0 Å². The molecule has 4 rings (SSSR count). The molecule has 4 aliphatic carbocycles. The smallest absolute Gasteiger partial charge is 0.446 e. The fourth-order valence-corrected chi connectivity index (χ4v) is 7.41. The molecule has 0 aromatic heterocycles. The summed E-state index contributed by atoms with van der Waals surface area (Å²) in [6.45, 7) is 5.77. The third-order valence-electron chi connectivity index (χ3n) is 8.65. The van der Waals surface area contributed by atoms with E-state index in [1.54, 1.807) is 19.1 Å². The second kappa shape index (κ2) is 8.17. The van der Waals surface area contributed by atoms with Crippen LogP contribution in [0.3, 0.4) is 0 Å². The minimum atomic E-state index is -1.57. The third-order valence-corrected chi connectivity index (χ3v) is 8.76. The van der Waals surface area contributed by atoms with Crippen LogP contribution in [0.4, 0.5) is 4.79 Å². The van der Waals surface area contributed by atoms with E-state index in [4.69, 9.17) is 25.8 Å². The number of rotatable bonds is 4. The van der Waals surface area contributed by atoms with Crippen LogP contribution in [0.25, 0.3) is 0 Å². The van der Waals surface area contributed by atoms with Crippen LogP contribution in [-0.2, 0) is 23.8 Å². The van der Waals surface area contributed by atoms with Crippen LogP contribution in [0.5, 0.6) is 0 Å². The minimum absolute atomic E-state index is 0.0161. The van der Waals surface area contributed by atoms with Gasteiger partial charge in [-0.2, -0.15) is 0 Å². The van der Waals surface area contributed by atoms with Crippen LogP contribution >= 0.6 is 11.6 Å². The number of aliphatic hydroxyl groups is 1. The number of alkyl halides is 1. The molecule has 0 amide bonds. The second-order valence-corrected chi connectivity index (χ2v) is 10.1. The van der Waals surface area contributed by atoms with Crippen molar-refractivity contribution in [2.75, 3.05) is 12.7 Å². The number of aliphatic hydroxyl groups excluding tert-OH is 1. The van der Waals surface area contributed by atoms with Crippen molar-refractivity contribution in [2.45, 2.75) is 64.6 Å². The molecule has 7 nitrogen and oxygen atoms in total. The van der Waals surface area contributed by atoms with Crippen LogP contribution < -0.4 is 0 Å². The number of carbonyl (C=O) groups is 3. The van der Waals surface area contributed by atoms with Crippen LogP contribution in [-0.4, -0.2) is 47.4 Å². The van der Waals surface area contributed by atoms with Crippen LogP contribution in [0.15, 0.2) is 23.8 Å². The minimum Gasteiger partial charge on any atom is -0.446 e. The van der Waals surface area contributed by atoms with E-state index in [2.05, 4.69) is 6.92 Å². The molecule has 176 valence electrons. The molecule has 0 bridgehead atoms. The Labute approximate surface area is 193 Å². The number of allylic oxidation sites excluding steroid dienone is 4. The molecule has 0 aliphatic heterocycles. The zero-order chi connectivity index (χ0) is 23.3. The molecule has 1 N–H and O–H groups in total. The standard InChI is InChI=1S/C24H31ClO7/c1-4-30-21(29)32-24(20(28)31-13-25)10-8-17-16-6-5-14-11-15(26)7-9-22(14,2)19(16)18(27)12-23(17,24)3/h7,9,11,16-19,27H,4-6,8,10,12-13H2,1-3H3/t16-,17-,18-,19+,22?,23?,24-/m0/s1. The SMILES string of the molecule is CCOC(=O)O[C@]1(C(=O)OCCl)CC[C@H]2[C@@H]3CCC4=CC(=O)C=CC4(C)[C@H]3[C@@H](O)CC21C. The summed E-state index contributed by atoms with van der Waals surface area (Å²) in [5.74, 6) is -0.676. The van der Waals surface area contributed by atoms with Crippen molar-refractivity contribution >= 4 is 29.5 Å². The molecule has 8 heteroatoms. The van der Waals surface area contributed by atoms with Gasteiger partial charge in [0.1, 0.15) is 0 Å². The Morgan fingerprint density at radius 2 is 2.00 bits per heavy atom. The number of ether oxygens (including phenoxy) is 3. The highest BCUT2D eigenvalue weighted by Crippen LogP contribution is 2.68. The van der Waals surface area contributed by atoms with E-state index in [1.807, 2.05) is 13.0 Å². The first-order chi connectivity index (χ1) is 15.1. The Morgan fingerprint density at radius 1 is 1.25 bits per heavy atom. The van der Waals surface area contributed by atoms with E-state index in [0.29, 0.717) is 6.42 Å². The largest absolute Gasteiger partial charge is 0.509 e. The lowest BCUT2D eigenvalue weighted by atomic mass is 9.46. The Bertz CT molecular complexity index is 882. The monoisotopic (exact) mass is 466 g/mol.